The van der Waals surface area contributed by atoms with Crippen molar-refractivity contribution in [3.8, 4) is 11.1 Å². The molecule has 1 amide bonds. The first kappa shape index (κ1) is 18.4. The summed E-state index contributed by atoms with van der Waals surface area (Å²) in [5, 5.41) is 17.4. The third-order valence-corrected chi connectivity index (χ3v) is 5.23. The molecule has 0 fully saturated rings. The molecule has 0 spiro atoms. The van der Waals surface area contributed by atoms with Crippen LogP contribution in [-0.4, -0.2) is 17.6 Å². The summed E-state index contributed by atoms with van der Waals surface area (Å²) in [6, 6.07) is 19.7. The lowest BCUT2D eigenvalue weighted by Crippen LogP contribution is -2.32. The molecule has 0 bridgehead atoms. The monoisotopic (exact) mass is 365 g/mol. The van der Waals surface area contributed by atoms with Gasteiger partial charge in [-0.2, -0.15) is 11.3 Å². The average molecular weight is 365 g/mol. The van der Waals surface area contributed by atoms with Crippen molar-refractivity contribution in [2.45, 2.75) is 25.4 Å². The fraction of sp³-hybridized carbons (Fsp3) is 0.227. The smallest absolute Gasteiger partial charge is 0.227 e. The third-order valence-electron chi connectivity index (χ3n) is 4.55. The van der Waals surface area contributed by atoms with Gasteiger partial charge in [0.25, 0.3) is 0 Å². The number of amides is 1. The van der Waals surface area contributed by atoms with Crippen LogP contribution in [0.15, 0.2) is 71.4 Å². The first-order valence-electron chi connectivity index (χ1n) is 8.82. The summed E-state index contributed by atoms with van der Waals surface area (Å²) in [6.07, 6.45) is 0.00475. The van der Waals surface area contributed by atoms with Crippen LogP contribution in [0.3, 0.4) is 0 Å². The summed E-state index contributed by atoms with van der Waals surface area (Å²) in [5.74, 6) is -0.239. The molecule has 3 rings (SSSR count). The van der Waals surface area contributed by atoms with Crippen molar-refractivity contribution >= 4 is 17.2 Å². The number of carbonyl (C=O) groups excluding carboxylic acids is 1. The van der Waals surface area contributed by atoms with Crippen LogP contribution in [0.25, 0.3) is 11.1 Å². The van der Waals surface area contributed by atoms with Gasteiger partial charge in [-0.15, -0.1) is 0 Å². The zero-order valence-corrected chi connectivity index (χ0v) is 15.6. The first-order chi connectivity index (χ1) is 12.7. The lowest BCUT2D eigenvalue weighted by Gasteiger charge is -2.18. The minimum atomic E-state index is -0.719. The van der Waals surface area contributed by atoms with Crippen molar-refractivity contribution < 1.29 is 9.90 Å². The molecule has 2 N–H and O–H groups in total. The molecule has 4 heteroatoms. The molecular formula is C22H23NO2S. The van der Waals surface area contributed by atoms with Gasteiger partial charge in [0.2, 0.25) is 5.91 Å². The number of carbonyl (C=O) groups is 1. The molecule has 2 atom stereocenters. The molecule has 0 radical (unpaired) electrons. The Bertz CT molecular complexity index is 813. The number of rotatable bonds is 7. The fourth-order valence-corrected chi connectivity index (χ4v) is 3.69. The van der Waals surface area contributed by atoms with Gasteiger partial charge >= 0.3 is 0 Å². The molecule has 3 nitrogen and oxygen atoms in total. The van der Waals surface area contributed by atoms with E-state index >= 15 is 0 Å². The minimum Gasteiger partial charge on any atom is -0.387 e. The van der Waals surface area contributed by atoms with E-state index in [4.69, 9.17) is 0 Å². The van der Waals surface area contributed by atoms with Crippen LogP contribution >= 0.6 is 11.3 Å². The van der Waals surface area contributed by atoms with Gasteiger partial charge in [-0.05, 0) is 45.5 Å². The largest absolute Gasteiger partial charge is 0.387 e. The Morgan fingerprint density at radius 2 is 1.73 bits per heavy atom. The van der Waals surface area contributed by atoms with Crippen molar-refractivity contribution in [1.82, 2.24) is 5.32 Å². The fourth-order valence-electron chi connectivity index (χ4n) is 3.02. The Morgan fingerprint density at radius 1 is 1.00 bits per heavy atom. The summed E-state index contributed by atoms with van der Waals surface area (Å²) < 4.78 is 0. The molecule has 2 aromatic carbocycles. The van der Waals surface area contributed by atoms with E-state index in [-0.39, 0.29) is 18.4 Å². The Morgan fingerprint density at radius 3 is 2.35 bits per heavy atom. The van der Waals surface area contributed by atoms with Crippen LogP contribution in [0, 0.1) is 0 Å². The average Bonchev–Trinajstić information content (AvgIpc) is 3.22. The van der Waals surface area contributed by atoms with Crippen LogP contribution in [-0.2, 0) is 4.79 Å². The molecule has 0 saturated carbocycles. The van der Waals surface area contributed by atoms with Gasteiger partial charge in [-0.25, -0.2) is 0 Å². The number of aliphatic hydroxyl groups excluding tert-OH is 1. The maximum absolute atomic E-state index is 12.5. The van der Waals surface area contributed by atoms with E-state index in [2.05, 4.69) is 16.8 Å². The highest BCUT2D eigenvalue weighted by Gasteiger charge is 2.19. The van der Waals surface area contributed by atoms with Crippen LogP contribution in [0.4, 0.5) is 0 Å². The molecule has 26 heavy (non-hydrogen) atoms. The first-order valence-corrected chi connectivity index (χ1v) is 9.76. The van der Waals surface area contributed by atoms with Crippen LogP contribution in [0.2, 0.25) is 0 Å². The van der Waals surface area contributed by atoms with E-state index in [0.29, 0.717) is 0 Å². The highest BCUT2D eigenvalue weighted by molar-refractivity contribution is 7.08. The number of hydrogen-bond acceptors (Lipinski definition) is 3. The predicted octanol–water partition coefficient (Wildman–Crippen LogP) is 4.76. The second-order valence-corrected chi connectivity index (χ2v) is 7.05. The van der Waals surface area contributed by atoms with E-state index in [9.17, 15) is 9.90 Å². The quantitative estimate of drug-likeness (QED) is 0.634. The van der Waals surface area contributed by atoms with Crippen molar-refractivity contribution in [1.29, 1.82) is 0 Å². The Balaban J connectivity index is 1.59. The van der Waals surface area contributed by atoms with Gasteiger partial charge in [0.15, 0.2) is 0 Å². The maximum atomic E-state index is 12.5. The van der Waals surface area contributed by atoms with E-state index < -0.39 is 6.10 Å². The zero-order valence-electron chi connectivity index (χ0n) is 14.8. The van der Waals surface area contributed by atoms with Crippen molar-refractivity contribution in [3.05, 3.63) is 82.6 Å². The maximum Gasteiger partial charge on any atom is 0.227 e. The third kappa shape index (κ3) is 4.40. The predicted molar refractivity (Wildman–Crippen MR) is 107 cm³/mol. The normalized spacial score (nSPS) is 13.2. The lowest BCUT2D eigenvalue weighted by atomic mass is 9.95. The van der Waals surface area contributed by atoms with Gasteiger partial charge in [-0.1, -0.05) is 61.5 Å². The van der Waals surface area contributed by atoms with Gasteiger partial charge in [0.05, 0.1) is 12.0 Å². The minimum absolute atomic E-state index is 0.0485. The molecule has 3 aromatic rings. The van der Waals surface area contributed by atoms with Gasteiger partial charge < -0.3 is 10.4 Å². The van der Waals surface area contributed by atoms with E-state index in [1.165, 1.54) is 5.56 Å². The second-order valence-electron chi connectivity index (χ2n) is 6.27. The molecule has 0 aliphatic heterocycles. The van der Waals surface area contributed by atoms with E-state index in [0.717, 1.165) is 23.1 Å². The summed E-state index contributed by atoms with van der Waals surface area (Å²) in [7, 11) is 0. The van der Waals surface area contributed by atoms with E-state index in [1.807, 2.05) is 66.9 Å². The van der Waals surface area contributed by atoms with E-state index in [1.54, 1.807) is 11.3 Å². The molecule has 1 heterocycles. The topological polar surface area (TPSA) is 49.3 Å². The number of nitrogens with one attached hydrogen (secondary N) is 1. The van der Waals surface area contributed by atoms with Crippen molar-refractivity contribution in [2.24, 2.45) is 0 Å². The lowest BCUT2D eigenvalue weighted by molar-refractivity contribution is -0.123. The number of hydrogen-bond donors (Lipinski definition) is 2. The van der Waals surface area contributed by atoms with Gasteiger partial charge in [0, 0.05) is 6.54 Å². The highest BCUT2D eigenvalue weighted by atomic mass is 32.1. The second kappa shape index (κ2) is 8.79. The highest BCUT2D eigenvalue weighted by Crippen LogP contribution is 2.24. The number of aliphatic hydroxyl groups is 1. The summed E-state index contributed by atoms with van der Waals surface area (Å²) in [4.78, 5) is 12.5. The molecule has 134 valence electrons. The Labute approximate surface area is 158 Å². The van der Waals surface area contributed by atoms with Crippen LogP contribution in [0.1, 0.15) is 36.5 Å². The SMILES string of the molecule is CC[C@@H](C(=O)NC[C@@H](O)c1ccc(-c2ccsc2)cc1)c1ccccc1. The number of thiophene rings is 1. The molecular weight excluding hydrogens is 342 g/mol. The molecule has 0 saturated heterocycles. The van der Waals surface area contributed by atoms with Crippen molar-refractivity contribution in [2.75, 3.05) is 6.54 Å². The van der Waals surface area contributed by atoms with Crippen molar-refractivity contribution in [3.63, 3.8) is 0 Å². The number of benzene rings is 2. The molecule has 0 aliphatic carbocycles. The Hall–Kier alpha value is -2.43. The van der Waals surface area contributed by atoms with Crippen LogP contribution < -0.4 is 5.32 Å². The standard InChI is InChI=1S/C22H23NO2S/c1-2-20(17-6-4-3-5-7-17)22(25)23-14-21(24)18-10-8-16(9-11-18)19-12-13-26-15-19/h3-13,15,20-21,24H,2,14H2,1H3,(H,23,25)/t20-,21-/m1/s1. The molecule has 0 aliphatic rings. The summed E-state index contributed by atoms with van der Waals surface area (Å²) in [5.41, 5.74) is 4.11. The van der Waals surface area contributed by atoms with Gasteiger partial charge in [0.1, 0.15) is 0 Å². The molecule has 0 unspecified atom stereocenters. The summed E-state index contributed by atoms with van der Waals surface area (Å²) >= 11 is 1.66. The summed E-state index contributed by atoms with van der Waals surface area (Å²) in [6.45, 7) is 2.21. The molecule has 1 aromatic heterocycles. The zero-order chi connectivity index (χ0) is 18.4. The Kier molecular flexibility index (Phi) is 6.21. The van der Waals surface area contributed by atoms with Crippen LogP contribution in [0.5, 0.6) is 0 Å². The van der Waals surface area contributed by atoms with Gasteiger partial charge in [-0.3, -0.25) is 4.79 Å².